The minimum atomic E-state index is 0.532. The largest absolute Gasteiger partial charge is 0.103 e. The lowest BCUT2D eigenvalue weighted by Gasteiger charge is -1.90. The third-order valence-corrected chi connectivity index (χ3v) is 1.22. The molecule has 1 atom stereocenters. The standard InChI is InChI=1S/C7H12.C5H8.C3H6.2C2H6/c1-4-6-7(3)5-2;1-4-5(2)3;1-3-2;2*1-2/h4-7H,2H2,1,3H3;4H,1-2H2,3H3;3H,1H2,2H3;2*1-2H3/b6-4-;;;;. The highest BCUT2D eigenvalue weighted by Gasteiger charge is 1.81. The van der Waals surface area contributed by atoms with Crippen LogP contribution in [0.3, 0.4) is 0 Å². The van der Waals surface area contributed by atoms with Crippen molar-refractivity contribution in [3.05, 3.63) is 62.3 Å². The summed E-state index contributed by atoms with van der Waals surface area (Å²) in [5.41, 5.74) is 1.02. The fraction of sp³-hybridized carbons (Fsp3) is 0.474. The second kappa shape index (κ2) is 43.7. The monoisotopic (exact) mass is 266 g/mol. The number of rotatable bonds is 3. The smallest absolute Gasteiger partial charge is 0.00847 e. The molecule has 0 fully saturated rings. The third-order valence-electron chi connectivity index (χ3n) is 1.22. The van der Waals surface area contributed by atoms with Crippen LogP contribution in [-0.4, -0.2) is 0 Å². The second-order valence-corrected chi connectivity index (χ2v) is 3.08. The summed E-state index contributed by atoms with van der Waals surface area (Å²) in [6.07, 6.45) is 9.53. The number of allylic oxidation sites excluding steroid dienone is 6. The van der Waals surface area contributed by atoms with Crippen molar-refractivity contribution >= 4 is 0 Å². The van der Waals surface area contributed by atoms with Crippen molar-refractivity contribution in [2.75, 3.05) is 0 Å². The Hall–Kier alpha value is -1.30. The molecule has 0 aliphatic heterocycles. The van der Waals surface area contributed by atoms with E-state index in [9.17, 15) is 0 Å². The summed E-state index contributed by atoms with van der Waals surface area (Å²) in [6.45, 7) is 29.9. The van der Waals surface area contributed by atoms with Crippen molar-refractivity contribution in [1.82, 2.24) is 0 Å². The van der Waals surface area contributed by atoms with Crippen LogP contribution < -0.4 is 0 Å². The van der Waals surface area contributed by atoms with Gasteiger partial charge in [0.2, 0.25) is 0 Å². The summed E-state index contributed by atoms with van der Waals surface area (Å²) >= 11 is 0. The number of hydrogen-bond donors (Lipinski definition) is 0. The van der Waals surface area contributed by atoms with Crippen molar-refractivity contribution < 1.29 is 0 Å². The molecule has 0 aliphatic carbocycles. The van der Waals surface area contributed by atoms with Crippen molar-refractivity contribution in [2.24, 2.45) is 5.92 Å². The van der Waals surface area contributed by atoms with Gasteiger partial charge >= 0.3 is 0 Å². The Morgan fingerprint density at radius 2 is 1.21 bits per heavy atom. The maximum Gasteiger partial charge on any atom is -0.00847 e. The molecular weight excluding hydrogens is 228 g/mol. The van der Waals surface area contributed by atoms with E-state index >= 15 is 0 Å². The maximum absolute atomic E-state index is 3.63. The van der Waals surface area contributed by atoms with Gasteiger partial charge in [-0.15, -0.1) is 13.2 Å². The average Bonchev–Trinajstić information content (AvgIpc) is 2.45. The molecule has 0 saturated carbocycles. The molecule has 0 heteroatoms. The predicted octanol–water partition coefficient (Wildman–Crippen LogP) is 7.38. The highest BCUT2D eigenvalue weighted by molar-refractivity contribution is 5.05. The van der Waals surface area contributed by atoms with E-state index in [1.165, 1.54) is 0 Å². The topological polar surface area (TPSA) is 0 Å². The molecule has 0 aliphatic rings. The van der Waals surface area contributed by atoms with Gasteiger partial charge in [0.1, 0.15) is 0 Å². The first kappa shape index (κ1) is 30.6. The molecule has 0 saturated heterocycles. The van der Waals surface area contributed by atoms with Gasteiger partial charge in [0.25, 0.3) is 0 Å². The van der Waals surface area contributed by atoms with E-state index in [1.807, 2.05) is 60.6 Å². The van der Waals surface area contributed by atoms with Gasteiger partial charge in [-0.25, -0.2) is 0 Å². The van der Waals surface area contributed by atoms with Gasteiger partial charge in [0.15, 0.2) is 0 Å². The van der Waals surface area contributed by atoms with Crippen molar-refractivity contribution in [1.29, 1.82) is 0 Å². The van der Waals surface area contributed by atoms with Crippen LogP contribution in [0.4, 0.5) is 0 Å². The van der Waals surface area contributed by atoms with E-state index in [0.29, 0.717) is 5.92 Å². The summed E-state index contributed by atoms with van der Waals surface area (Å²) < 4.78 is 0. The van der Waals surface area contributed by atoms with E-state index in [2.05, 4.69) is 39.3 Å². The molecule has 0 heterocycles. The van der Waals surface area contributed by atoms with E-state index in [0.717, 1.165) is 5.57 Å². The van der Waals surface area contributed by atoms with Gasteiger partial charge in [0.05, 0.1) is 0 Å². The van der Waals surface area contributed by atoms with Gasteiger partial charge in [0, 0.05) is 0 Å². The molecular formula is C19H38. The second-order valence-electron chi connectivity index (χ2n) is 3.08. The van der Waals surface area contributed by atoms with Gasteiger partial charge in [-0.1, -0.05) is 83.7 Å². The Labute approximate surface area is 124 Å². The van der Waals surface area contributed by atoms with E-state index in [4.69, 9.17) is 0 Å². The Bertz CT molecular complexity index is 194. The van der Waals surface area contributed by atoms with Crippen LogP contribution in [-0.2, 0) is 0 Å². The van der Waals surface area contributed by atoms with Gasteiger partial charge in [-0.2, -0.15) is 0 Å². The SMILES string of the molecule is C=CC.C=CC(=C)C.C=CC(C)/C=C\C.CC.CC. The molecule has 114 valence electrons. The van der Waals surface area contributed by atoms with Crippen LogP contribution in [0.25, 0.3) is 0 Å². The first-order valence-corrected chi connectivity index (χ1v) is 7.10. The van der Waals surface area contributed by atoms with Gasteiger partial charge in [-0.3, -0.25) is 0 Å². The van der Waals surface area contributed by atoms with Crippen LogP contribution in [0.15, 0.2) is 62.3 Å². The number of hydrogen-bond acceptors (Lipinski definition) is 0. The van der Waals surface area contributed by atoms with Crippen LogP contribution >= 0.6 is 0 Å². The van der Waals surface area contributed by atoms with E-state index in [1.54, 1.807) is 12.2 Å². The van der Waals surface area contributed by atoms with E-state index < -0.39 is 0 Å². The maximum atomic E-state index is 3.63. The molecule has 0 aromatic heterocycles. The minimum Gasteiger partial charge on any atom is -0.103 e. The lowest BCUT2D eigenvalue weighted by Crippen LogP contribution is -1.76. The van der Waals surface area contributed by atoms with Crippen molar-refractivity contribution in [3.63, 3.8) is 0 Å². The summed E-state index contributed by atoms with van der Waals surface area (Å²) in [5.74, 6) is 0.532. The average molecular weight is 267 g/mol. The Morgan fingerprint density at radius 1 is 0.947 bits per heavy atom. The predicted molar refractivity (Wildman–Crippen MR) is 97.8 cm³/mol. The summed E-state index contributed by atoms with van der Waals surface area (Å²) in [5, 5.41) is 0. The quantitative estimate of drug-likeness (QED) is 0.369. The molecule has 0 aromatic carbocycles. The van der Waals surface area contributed by atoms with Gasteiger partial charge < -0.3 is 0 Å². The molecule has 19 heavy (non-hydrogen) atoms. The van der Waals surface area contributed by atoms with Crippen LogP contribution in [0.5, 0.6) is 0 Å². The first-order valence-electron chi connectivity index (χ1n) is 7.10. The fourth-order valence-corrected chi connectivity index (χ4v) is 0.382. The summed E-state index contributed by atoms with van der Waals surface area (Å²) in [7, 11) is 0. The molecule has 0 bridgehead atoms. The molecule has 1 unspecified atom stereocenters. The van der Waals surface area contributed by atoms with Gasteiger partial charge in [-0.05, 0) is 26.7 Å². The molecule has 0 nitrogen and oxygen atoms in total. The summed E-state index contributed by atoms with van der Waals surface area (Å²) in [4.78, 5) is 0. The lowest BCUT2D eigenvalue weighted by molar-refractivity contribution is 0.941. The molecule has 0 spiro atoms. The van der Waals surface area contributed by atoms with E-state index in [-0.39, 0.29) is 0 Å². The molecule has 0 aromatic rings. The molecule has 0 radical (unpaired) electrons. The Kier molecular flexibility index (Phi) is 70.5. The Balaban J connectivity index is -0.0000000480. The summed E-state index contributed by atoms with van der Waals surface area (Å²) in [6, 6.07) is 0. The highest BCUT2D eigenvalue weighted by atomic mass is 13.9. The lowest BCUT2D eigenvalue weighted by atomic mass is 10.2. The highest BCUT2D eigenvalue weighted by Crippen LogP contribution is 1.95. The first-order chi connectivity index (χ1) is 8.99. The normalized spacial score (nSPS) is 8.42. The van der Waals surface area contributed by atoms with Crippen LogP contribution in [0, 0.1) is 5.92 Å². The van der Waals surface area contributed by atoms with Crippen molar-refractivity contribution in [3.8, 4) is 0 Å². The zero-order valence-electron chi connectivity index (χ0n) is 14.8. The minimum absolute atomic E-state index is 0.532. The van der Waals surface area contributed by atoms with Crippen LogP contribution in [0.1, 0.15) is 55.4 Å². The zero-order chi connectivity index (χ0) is 16.7. The third kappa shape index (κ3) is 111. The molecule has 0 amide bonds. The molecule has 0 N–H and O–H groups in total. The Morgan fingerprint density at radius 3 is 1.26 bits per heavy atom. The van der Waals surface area contributed by atoms with Crippen molar-refractivity contribution in [2.45, 2.75) is 55.4 Å². The molecule has 0 rings (SSSR count). The van der Waals surface area contributed by atoms with Crippen LogP contribution in [0.2, 0.25) is 0 Å². The fourth-order valence-electron chi connectivity index (χ4n) is 0.382. The zero-order valence-corrected chi connectivity index (χ0v) is 14.8.